The van der Waals surface area contributed by atoms with Crippen molar-refractivity contribution in [2.24, 2.45) is 0 Å². The summed E-state index contributed by atoms with van der Waals surface area (Å²) in [5.74, 6) is -1.71. The summed E-state index contributed by atoms with van der Waals surface area (Å²) < 4.78 is 38.3. The fourth-order valence-electron chi connectivity index (χ4n) is 4.35. The van der Waals surface area contributed by atoms with Crippen LogP contribution in [0.15, 0.2) is 24.3 Å². The first kappa shape index (κ1) is 22.8. The Morgan fingerprint density at radius 2 is 1.87 bits per heavy atom. The van der Waals surface area contributed by atoms with E-state index in [0.717, 1.165) is 62.8 Å². The third-order valence-electron chi connectivity index (χ3n) is 6.13. The SMILES string of the molecule is O=C(Nc1ccc(C2CCN(C(CO)CO)CC2)cc1C1=CCCCC1)C(F)(F)F. The van der Waals surface area contributed by atoms with Crippen molar-refractivity contribution in [2.45, 2.75) is 56.7 Å². The fraction of sp³-hybridized carbons (Fsp3) is 0.591. The molecule has 0 bridgehead atoms. The number of piperidine rings is 1. The van der Waals surface area contributed by atoms with Crippen LogP contribution in [0.1, 0.15) is 55.6 Å². The molecule has 0 radical (unpaired) electrons. The van der Waals surface area contributed by atoms with Gasteiger partial charge in [-0.15, -0.1) is 0 Å². The van der Waals surface area contributed by atoms with Gasteiger partial charge in [-0.3, -0.25) is 9.69 Å². The van der Waals surface area contributed by atoms with E-state index >= 15 is 0 Å². The summed E-state index contributed by atoms with van der Waals surface area (Å²) in [5, 5.41) is 20.8. The highest BCUT2D eigenvalue weighted by molar-refractivity contribution is 5.97. The van der Waals surface area contributed by atoms with Crippen LogP contribution in [0.3, 0.4) is 0 Å². The molecule has 1 saturated heterocycles. The lowest BCUT2D eigenvalue weighted by molar-refractivity contribution is -0.167. The molecule has 3 rings (SSSR count). The molecule has 0 unspecified atom stereocenters. The summed E-state index contributed by atoms with van der Waals surface area (Å²) in [6.45, 7) is 1.29. The van der Waals surface area contributed by atoms with Crippen molar-refractivity contribution in [2.75, 3.05) is 31.6 Å². The summed E-state index contributed by atoms with van der Waals surface area (Å²) in [6.07, 6.45) is 2.50. The van der Waals surface area contributed by atoms with Crippen molar-refractivity contribution in [1.29, 1.82) is 0 Å². The lowest BCUT2D eigenvalue weighted by Crippen LogP contribution is -2.44. The molecule has 166 valence electrons. The van der Waals surface area contributed by atoms with Gasteiger partial charge < -0.3 is 15.5 Å². The van der Waals surface area contributed by atoms with Crippen LogP contribution in [-0.2, 0) is 4.79 Å². The average molecular weight is 426 g/mol. The molecule has 1 aliphatic heterocycles. The number of likely N-dealkylation sites (tertiary alicyclic amines) is 1. The smallest absolute Gasteiger partial charge is 0.395 e. The van der Waals surface area contributed by atoms with E-state index in [9.17, 15) is 28.2 Å². The molecule has 5 nitrogen and oxygen atoms in total. The highest BCUT2D eigenvalue weighted by Crippen LogP contribution is 2.37. The van der Waals surface area contributed by atoms with Gasteiger partial charge in [-0.05, 0) is 80.8 Å². The maximum atomic E-state index is 12.8. The van der Waals surface area contributed by atoms with E-state index in [-0.39, 0.29) is 30.9 Å². The van der Waals surface area contributed by atoms with Crippen LogP contribution in [0.5, 0.6) is 0 Å². The van der Waals surface area contributed by atoms with Crippen molar-refractivity contribution in [3.05, 3.63) is 35.4 Å². The molecule has 3 N–H and O–H groups in total. The predicted octanol–water partition coefficient (Wildman–Crippen LogP) is 3.68. The van der Waals surface area contributed by atoms with Crippen molar-refractivity contribution < 1.29 is 28.2 Å². The van der Waals surface area contributed by atoms with Crippen molar-refractivity contribution in [1.82, 2.24) is 4.90 Å². The molecular weight excluding hydrogens is 397 g/mol. The summed E-state index contributed by atoms with van der Waals surface area (Å²) in [6, 6.07) is 5.06. The van der Waals surface area contributed by atoms with E-state index < -0.39 is 12.1 Å². The lowest BCUT2D eigenvalue weighted by Gasteiger charge is -2.36. The molecule has 0 saturated carbocycles. The third-order valence-corrected chi connectivity index (χ3v) is 6.13. The number of hydrogen-bond donors (Lipinski definition) is 3. The number of amides is 1. The molecule has 8 heteroatoms. The van der Waals surface area contributed by atoms with Crippen molar-refractivity contribution in [3.63, 3.8) is 0 Å². The van der Waals surface area contributed by atoms with Crippen molar-refractivity contribution >= 4 is 17.2 Å². The summed E-state index contributed by atoms with van der Waals surface area (Å²) >= 11 is 0. The highest BCUT2D eigenvalue weighted by Gasteiger charge is 2.39. The van der Waals surface area contributed by atoms with E-state index in [2.05, 4.69) is 11.0 Å². The van der Waals surface area contributed by atoms with Gasteiger partial charge in [0.2, 0.25) is 0 Å². The van der Waals surface area contributed by atoms with E-state index in [1.807, 2.05) is 11.4 Å². The Hall–Kier alpha value is -1.90. The second-order valence-corrected chi connectivity index (χ2v) is 8.06. The summed E-state index contributed by atoms with van der Waals surface area (Å²) in [4.78, 5) is 13.6. The molecular formula is C22H29F3N2O3. The molecule has 2 aliphatic rings. The number of anilines is 1. The van der Waals surface area contributed by atoms with E-state index in [4.69, 9.17) is 0 Å². The average Bonchev–Trinajstić information content (AvgIpc) is 2.75. The quantitative estimate of drug-likeness (QED) is 0.649. The number of nitrogens with zero attached hydrogens (tertiary/aromatic N) is 1. The molecule has 0 spiro atoms. The molecule has 1 aliphatic carbocycles. The molecule has 1 heterocycles. The van der Waals surface area contributed by atoms with Gasteiger partial charge in [-0.2, -0.15) is 13.2 Å². The van der Waals surface area contributed by atoms with Crippen LogP contribution in [0.4, 0.5) is 18.9 Å². The van der Waals surface area contributed by atoms with Gasteiger partial charge in [0.15, 0.2) is 0 Å². The standard InChI is InChI=1S/C22H29F3N2O3/c23-22(24,25)21(30)26-20-7-6-17(12-19(20)16-4-2-1-3-5-16)15-8-10-27(11-9-15)18(13-28)14-29/h4,6-7,12,15,18,28-29H,1-3,5,8-11,13-14H2,(H,26,30). The second kappa shape index (κ2) is 9.94. The first-order valence-electron chi connectivity index (χ1n) is 10.5. The van der Waals surface area contributed by atoms with Gasteiger partial charge in [0.1, 0.15) is 0 Å². The number of aliphatic hydroxyl groups is 2. The minimum Gasteiger partial charge on any atom is -0.395 e. The normalized spacial score (nSPS) is 19.1. The Labute approximate surface area is 174 Å². The molecule has 0 atom stereocenters. The van der Waals surface area contributed by atoms with Crippen molar-refractivity contribution in [3.8, 4) is 0 Å². The van der Waals surface area contributed by atoms with Gasteiger partial charge in [-0.1, -0.05) is 12.1 Å². The Bertz CT molecular complexity index is 767. The molecule has 1 fully saturated rings. The summed E-state index contributed by atoms with van der Waals surface area (Å²) in [5.41, 5.74) is 2.91. The number of alkyl halides is 3. The zero-order chi connectivity index (χ0) is 21.7. The predicted molar refractivity (Wildman–Crippen MR) is 109 cm³/mol. The number of hydrogen-bond acceptors (Lipinski definition) is 4. The lowest BCUT2D eigenvalue weighted by atomic mass is 9.85. The molecule has 1 aromatic carbocycles. The van der Waals surface area contributed by atoms with Crippen LogP contribution in [-0.4, -0.2) is 59.5 Å². The third kappa shape index (κ3) is 5.42. The molecule has 30 heavy (non-hydrogen) atoms. The number of halogens is 3. The van der Waals surface area contributed by atoms with E-state index in [0.29, 0.717) is 5.56 Å². The largest absolute Gasteiger partial charge is 0.471 e. The van der Waals surface area contributed by atoms with Crippen LogP contribution in [0.2, 0.25) is 0 Å². The van der Waals surface area contributed by atoms with E-state index in [1.165, 1.54) is 0 Å². The van der Waals surface area contributed by atoms with E-state index in [1.54, 1.807) is 12.1 Å². The number of rotatable bonds is 6. The minimum absolute atomic E-state index is 0.0902. The van der Waals surface area contributed by atoms with Crippen LogP contribution in [0, 0.1) is 0 Å². The Morgan fingerprint density at radius 3 is 2.43 bits per heavy atom. The molecule has 1 amide bonds. The number of aliphatic hydroxyl groups excluding tert-OH is 2. The number of benzene rings is 1. The van der Waals surface area contributed by atoms with Gasteiger partial charge >= 0.3 is 12.1 Å². The first-order valence-corrected chi connectivity index (χ1v) is 10.5. The maximum absolute atomic E-state index is 12.8. The van der Waals surface area contributed by atoms with Gasteiger partial charge in [-0.25, -0.2) is 0 Å². The zero-order valence-electron chi connectivity index (χ0n) is 16.9. The number of nitrogens with one attached hydrogen (secondary N) is 1. The van der Waals surface area contributed by atoms with Crippen LogP contribution < -0.4 is 5.32 Å². The Morgan fingerprint density at radius 1 is 1.17 bits per heavy atom. The Kier molecular flexibility index (Phi) is 7.55. The van der Waals surface area contributed by atoms with Crippen LogP contribution >= 0.6 is 0 Å². The van der Waals surface area contributed by atoms with Gasteiger partial charge in [0.25, 0.3) is 0 Å². The maximum Gasteiger partial charge on any atom is 0.471 e. The molecule has 1 aromatic rings. The number of carbonyl (C=O) groups excluding carboxylic acids is 1. The molecule has 0 aromatic heterocycles. The van der Waals surface area contributed by atoms with Crippen LogP contribution in [0.25, 0.3) is 5.57 Å². The zero-order valence-corrected chi connectivity index (χ0v) is 16.9. The first-order chi connectivity index (χ1) is 14.3. The Balaban J connectivity index is 1.82. The summed E-state index contributed by atoms with van der Waals surface area (Å²) in [7, 11) is 0. The number of carbonyl (C=O) groups is 1. The van der Waals surface area contributed by atoms with Gasteiger partial charge in [0, 0.05) is 11.3 Å². The highest BCUT2D eigenvalue weighted by atomic mass is 19.4. The number of allylic oxidation sites excluding steroid dienone is 2. The topological polar surface area (TPSA) is 72.8 Å². The fourth-order valence-corrected chi connectivity index (χ4v) is 4.35. The minimum atomic E-state index is -4.93. The second-order valence-electron chi connectivity index (χ2n) is 8.06. The monoisotopic (exact) mass is 426 g/mol. The van der Waals surface area contributed by atoms with Gasteiger partial charge in [0.05, 0.1) is 19.3 Å².